The van der Waals surface area contributed by atoms with Crippen LogP contribution in [0.5, 0.6) is 0 Å². The van der Waals surface area contributed by atoms with E-state index in [-0.39, 0.29) is 5.56 Å². The number of para-hydroxylation sites is 1. The van der Waals surface area contributed by atoms with Crippen LogP contribution in [0.2, 0.25) is 0 Å². The average molecular weight is 262 g/mol. The molecule has 2 aromatic carbocycles. The van der Waals surface area contributed by atoms with Crippen molar-refractivity contribution in [2.75, 3.05) is 0 Å². The Morgan fingerprint density at radius 3 is 2.45 bits per heavy atom. The molecule has 0 unspecified atom stereocenters. The Morgan fingerprint density at radius 2 is 1.80 bits per heavy atom. The Morgan fingerprint density at radius 1 is 1.10 bits per heavy atom. The van der Waals surface area contributed by atoms with Crippen molar-refractivity contribution in [3.63, 3.8) is 0 Å². The molecule has 4 heteroatoms. The van der Waals surface area contributed by atoms with Crippen molar-refractivity contribution in [3.8, 4) is 11.8 Å². The second-order valence-electron chi connectivity index (χ2n) is 4.39. The summed E-state index contributed by atoms with van der Waals surface area (Å²) in [6, 6.07) is 16.4. The summed E-state index contributed by atoms with van der Waals surface area (Å²) in [4.78, 5) is 11.3. The van der Waals surface area contributed by atoms with Gasteiger partial charge in [0.15, 0.2) is 0 Å². The number of nitrogens with zero attached hydrogens (tertiary/aromatic N) is 2. The zero-order valence-electron chi connectivity index (χ0n) is 10.4. The van der Waals surface area contributed by atoms with Crippen molar-refractivity contribution in [1.29, 1.82) is 5.26 Å². The van der Waals surface area contributed by atoms with E-state index in [1.54, 1.807) is 36.5 Å². The normalized spacial score (nSPS) is 10.3. The highest BCUT2D eigenvalue weighted by Gasteiger charge is 2.14. The minimum absolute atomic E-state index is 0.268. The lowest BCUT2D eigenvalue weighted by Crippen LogP contribution is -1.95. The van der Waals surface area contributed by atoms with Crippen molar-refractivity contribution in [2.45, 2.75) is 0 Å². The Labute approximate surface area is 115 Å². The van der Waals surface area contributed by atoms with Gasteiger partial charge in [-0.15, -0.1) is 0 Å². The lowest BCUT2D eigenvalue weighted by molar-refractivity contribution is 0.0699. The molecule has 20 heavy (non-hydrogen) atoms. The smallest absolute Gasteiger partial charge is 0.337 e. The second kappa shape index (κ2) is 4.56. The largest absolute Gasteiger partial charge is 0.478 e. The first-order valence-corrected chi connectivity index (χ1v) is 6.04. The van der Waals surface area contributed by atoms with Gasteiger partial charge < -0.3 is 9.67 Å². The quantitative estimate of drug-likeness (QED) is 0.771. The van der Waals surface area contributed by atoms with Crippen molar-refractivity contribution < 1.29 is 9.90 Å². The van der Waals surface area contributed by atoms with Gasteiger partial charge in [0, 0.05) is 17.3 Å². The van der Waals surface area contributed by atoms with Gasteiger partial charge in [-0.2, -0.15) is 5.26 Å². The van der Waals surface area contributed by atoms with E-state index in [1.807, 2.05) is 22.8 Å². The zero-order chi connectivity index (χ0) is 14.1. The molecule has 1 aromatic heterocycles. The maximum absolute atomic E-state index is 11.3. The number of nitriles is 1. The van der Waals surface area contributed by atoms with Gasteiger partial charge in [0.05, 0.1) is 22.7 Å². The number of carbonyl (C=O) groups is 1. The highest BCUT2D eigenvalue weighted by Crippen LogP contribution is 2.25. The third-order valence-corrected chi connectivity index (χ3v) is 3.22. The lowest BCUT2D eigenvalue weighted by Gasteiger charge is -2.04. The molecule has 4 nitrogen and oxygen atoms in total. The first-order chi connectivity index (χ1) is 9.70. The SMILES string of the molecule is N#Cc1ccc(-n2cc(C(=O)O)c3ccccc32)cc1. The molecule has 1 heterocycles. The predicted octanol–water partition coefficient (Wildman–Crippen LogP) is 3.20. The van der Waals surface area contributed by atoms with Crippen molar-refractivity contribution in [1.82, 2.24) is 4.57 Å². The van der Waals surface area contributed by atoms with E-state index in [9.17, 15) is 9.90 Å². The number of rotatable bonds is 2. The number of carboxylic acids is 1. The maximum Gasteiger partial charge on any atom is 0.337 e. The molecule has 0 atom stereocenters. The number of benzene rings is 2. The number of aromatic nitrogens is 1. The minimum Gasteiger partial charge on any atom is -0.478 e. The molecule has 1 N–H and O–H groups in total. The van der Waals surface area contributed by atoms with Gasteiger partial charge in [-0.3, -0.25) is 0 Å². The Balaban J connectivity index is 2.25. The van der Waals surface area contributed by atoms with Crippen LogP contribution < -0.4 is 0 Å². The van der Waals surface area contributed by atoms with Gasteiger partial charge in [0.25, 0.3) is 0 Å². The number of hydrogen-bond acceptors (Lipinski definition) is 2. The molecular formula is C16H10N2O2. The monoisotopic (exact) mass is 262 g/mol. The van der Waals surface area contributed by atoms with E-state index in [0.29, 0.717) is 10.9 Å². The third kappa shape index (κ3) is 1.82. The van der Waals surface area contributed by atoms with Crippen LogP contribution in [0.15, 0.2) is 54.7 Å². The van der Waals surface area contributed by atoms with Crippen molar-refractivity contribution in [3.05, 3.63) is 65.9 Å². The van der Waals surface area contributed by atoms with E-state index in [1.165, 1.54) is 0 Å². The molecule has 0 bridgehead atoms. The van der Waals surface area contributed by atoms with E-state index in [4.69, 9.17) is 5.26 Å². The topological polar surface area (TPSA) is 66.0 Å². The lowest BCUT2D eigenvalue weighted by atomic mass is 10.2. The summed E-state index contributed by atoms with van der Waals surface area (Å²) in [5, 5.41) is 18.8. The molecule has 0 saturated heterocycles. The molecule has 96 valence electrons. The predicted molar refractivity (Wildman–Crippen MR) is 74.9 cm³/mol. The van der Waals surface area contributed by atoms with E-state index >= 15 is 0 Å². The van der Waals surface area contributed by atoms with E-state index < -0.39 is 5.97 Å². The summed E-state index contributed by atoms with van der Waals surface area (Å²) in [7, 11) is 0. The van der Waals surface area contributed by atoms with Gasteiger partial charge in [0.1, 0.15) is 0 Å². The summed E-state index contributed by atoms with van der Waals surface area (Å²) in [6.07, 6.45) is 1.61. The maximum atomic E-state index is 11.3. The van der Waals surface area contributed by atoms with Gasteiger partial charge in [-0.1, -0.05) is 18.2 Å². The zero-order valence-corrected chi connectivity index (χ0v) is 10.4. The number of fused-ring (bicyclic) bond motifs is 1. The van der Waals surface area contributed by atoms with Crippen LogP contribution >= 0.6 is 0 Å². The molecule has 0 aliphatic rings. The van der Waals surface area contributed by atoms with Gasteiger partial charge in [0.2, 0.25) is 0 Å². The van der Waals surface area contributed by atoms with Crippen molar-refractivity contribution >= 4 is 16.9 Å². The molecule has 0 fully saturated rings. The summed E-state index contributed by atoms with van der Waals surface area (Å²) in [6.45, 7) is 0. The minimum atomic E-state index is -0.950. The Hall–Kier alpha value is -3.06. The first-order valence-electron chi connectivity index (χ1n) is 6.04. The number of hydrogen-bond donors (Lipinski definition) is 1. The standard InChI is InChI=1S/C16H10N2O2/c17-9-11-5-7-12(8-6-11)18-10-14(16(19)20)13-3-1-2-4-15(13)18/h1-8,10H,(H,19,20). The summed E-state index contributed by atoms with van der Waals surface area (Å²) in [5.41, 5.74) is 2.50. The van der Waals surface area contributed by atoms with Gasteiger partial charge in [-0.25, -0.2) is 4.79 Å². The second-order valence-corrected chi connectivity index (χ2v) is 4.39. The number of carboxylic acid groups (broad SMARTS) is 1. The molecule has 0 amide bonds. The van der Waals surface area contributed by atoms with Crippen LogP contribution in [0.4, 0.5) is 0 Å². The van der Waals surface area contributed by atoms with Crippen molar-refractivity contribution in [2.24, 2.45) is 0 Å². The van der Waals surface area contributed by atoms with Crippen LogP contribution in [0.1, 0.15) is 15.9 Å². The Kier molecular flexibility index (Phi) is 2.73. The molecule has 0 spiro atoms. The highest BCUT2D eigenvalue weighted by molar-refractivity contribution is 6.04. The van der Waals surface area contributed by atoms with Crippen LogP contribution in [-0.2, 0) is 0 Å². The van der Waals surface area contributed by atoms with Crippen LogP contribution in [0.25, 0.3) is 16.6 Å². The molecule has 0 saturated carbocycles. The van der Waals surface area contributed by atoms with Gasteiger partial charge >= 0.3 is 5.97 Å². The number of aromatic carboxylic acids is 1. The summed E-state index contributed by atoms with van der Waals surface area (Å²) < 4.78 is 1.82. The average Bonchev–Trinajstić information content (AvgIpc) is 2.87. The highest BCUT2D eigenvalue weighted by atomic mass is 16.4. The molecule has 0 aliphatic heterocycles. The summed E-state index contributed by atoms with van der Waals surface area (Å²) >= 11 is 0. The summed E-state index contributed by atoms with van der Waals surface area (Å²) in [5.74, 6) is -0.950. The molecule has 0 aliphatic carbocycles. The molecule has 3 rings (SSSR count). The Bertz CT molecular complexity index is 839. The molecule has 0 radical (unpaired) electrons. The molecular weight excluding hydrogens is 252 g/mol. The fourth-order valence-electron chi connectivity index (χ4n) is 2.26. The van der Waals surface area contributed by atoms with Crippen LogP contribution in [-0.4, -0.2) is 15.6 Å². The molecule has 3 aromatic rings. The fraction of sp³-hybridized carbons (Fsp3) is 0. The van der Waals surface area contributed by atoms with Gasteiger partial charge in [-0.05, 0) is 30.3 Å². The van der Waals surface area contributed by atoms with Crippen LogP contribution in [0.3, 0.4) is 0 Å². The fourth-order valence-corrected chi connectivity index (χ4v) is 2.26. The van der Waals surface area contributed by atoms with Crippen LogP contribution in [0, 0.1) is 11.3 Å². The van der Waals surface area contributed by atoms with E-state index in [0.717, 1.165) is 11.2 Å². The van der Waals surface area contributed by atoms with E-state index in [2.05, 4.69) is 6.07 Å². The first kappa shape index (κ1) is 12.0. The third-order valence-electron chi connectivity index (χ3n) is 3.22.